The van der Waals surface area contributed by atoms with Crippen molar-refractivity contribution in [3.8, 4) is 0 Å². The number of amides is 1. The third kappa shape index (κ3) is 5.44. The van der Waals surface area contributed by atoms with Crippen molar-refractivity contribution in [1.82, 2.24) is 10.0 Å². The highest BCUT2D eigenvalue weighted by Gasteiger charge is 2.30. The van der Waals surface area contributed by atoms with Gasteiger partial charge in [0.25, 0.3) is 10.0 Å². The molecular formula is C23H23BrN2O3S2. The average Bonchev–Trinajstić information content (AvgIpc) is 3.21. The molecule has 0 saturated heterocycles. The highest BCUT2D eigenvalue weighted by molar-refractivity contribution is 9.11. The van der Waals surface area contributed by atoms with Crippen LogP contribution >= 0.6 is 27.3 Å². The van der Waals surface area contributed by atoms with E-state index in [9.17, 15) is 13.2 Å². The second-order valence-electron chi connectivity index (χ2n) is 7.57. The van der Waals surface area contributed by atoms with Crippen LogP contribution in [0.2, 0.25) is 0 Å². The molecule has 1 aliphatic carbocycles. The molecule has 0 radical (unpaired) electrons. The molecule has 0 saturated carbocycles. The summed E-state index contributed by atoms with van der Waals surface area (Å²) in [5.41, 5.74) is 3.25. The number of carbonyl (C=O) groups is 1. The smallest absolute Gasteiger partial charge is 0.250 e. The van der Waals surface area contributed by atoms with E-state index in [2.05, 4.69) is 32.0 Å². The number of hydrogen-bond acceptors (Lipinski definition) is 4. The fraction of sp³-hybridized carbons (Fsp3) is 0.261. The Labute approximate surface area is 195 Å². The van der Waals surface area contributed by atoms with Crippen LogP contribution in [-0.2, 0) is 27.7 Å². The number of sulfonamides is 1. The molecule has 5 nitrogen and oxygen atoms in total. The van der Waals surface area contributed by atoms with E-state index in [1.54, 1.807) is 6.07 Å². The van der Waals surface area contributed by atoms with Gasteiger partial charge in [0, 0.05) is 0 Å². The highest BCUT2D eigenvalue weighted by atomic mass is 79.9. The lowest BCUT2D eigenvalue weighted by molar-refractivity contribution is -0.123. The van der Waals surface area contributed by atoms with Crippen LogP contribution in [0.1, 0.15) is 35.6 Å². The second-order valence-corrected chi connectivity index (χ2v) is 12.0. The van der Waals surface area contributed by atoms with Gasteiger partial charge in [-0.3, -0.25) is 4.79 Å². The average molecular weight is 519 g/mol. The molecule has 2 unspecified atom stereocenters. The summed E-state index contributed by atoms with van der Waals surface area (Å²) in [6.45, 7) is 0. The maximum Gasteiger partial charge on any atom is 0.250 e. The zero-order valence-corrected chi connectivity index (χ0v) is 20.0. The largest absolute Gasteiger partial charge is 0.348 e. The van der Waals surface area contributed by atoms with E-state index >= 15 is 0 Å². The number of nitrogens with one attached hydrogen (secondary N) is 2. The lowest BCUT2D eigenvalue weighted by atomic mass is 9.87. The Morgan fingerprint density at radius 2 is 1.81 bits per heavy atom. The SMILES string of the molecule is O=C(NC1CCCc2ccccc21)C(Cc1ccccc1)NS(=O)(=O)c1ccc(Br)s1. The monoisotopic (exact) mass is 518 g/mol. The summed E-state index contributed by atoms with van der Waals surface area (Å²) in [6.07, 6.45) is 3.09. The van der Waals surface area contributed by atoms with Crippen molar-refractivity contribution >= 4 is 43.2 Å². The Bertz CT molecular complexity index is 1160. The van der Waals surface area contributed by atoms with Crippen LogP contribution in [0.3, 0.4) is 0 Å². The molecule has 8 heteroatoms. The Hall–Kier alpha value is -2.00. The van der Waals surface area contributed by atoms with Gasteiger partial charge in [-0.05, 0) is 70.4 Å². The van der Waals surface area contributed by atoms with Crippen molar-refractivity contribution in [3.05, 3.63) is 87.2 Å². The number of benzene rings is 2. The first kappa shape index (κ1) is 22.2. The van der Waals surface area contributed by atoms with Gasteiger partial charge in [-0.15, -0.1) is 11.3 Å². The number of fused-ring (bicyclic) bond motifs is 1. The van der Waals surface area contributed by atoms with Crippen LogP contribution in [0.25, 0.3) is 0 Å². The van der Waals surface area contributed by atoms with Gasteiger partial charge in [0.1, 0.15) is 10.3 Å². The lowest BCUT2D eigenvalue weighted by Crippen LogP contribution is -2.49. The van der Waals surface area contributed by atoms with E-state index in [0.29, 0.717) is 0 Å². The highest BCUT2D eigenvalue weighted by Crippen LogP contribution is 2.30. The molecule has 1 aliphatic rings. The Morgan fingerprint density at radius 3 is 2.55 bits per heavy atom. The third-order valence-corrected chi connectivity index (χ3v) is 8.98. The number of carbonyl (C=O) groups excluding carboxylic acids is 1. The van der Waals surface area contributed by atoms with Crippen LogP contribution < -0.4 is 10.0 Å². The molecule has 2 aromatic carbocycles. The van der Waals surface area contributed by atoms with E-state index in [1.165, 1.54) is 11.6 Å². The number of halogens is 1. The molecule has 162 valence electrons. The molecule has 0 aliphatic heterocycles. The fourth-order valence-corrected chi connectivity index (χ4v) is 7.12. The van der Waals surface area contributed by atoms with Crippen molar-refractivity contribution in [3.63, 3.8) is 0 Å². The minimum absolute atomic E-state index is 0.115. The van der Waals surface area contributed by atoms with Gasteiger partial charge in [0.05, 0.1) is 9.83 Å². The van der Waals surface area contributed by atoms with E-state index < -0.39 is 16.1 Å². The van der Waals surface area contributed by atoms with Crippen LogP contribution in [0.4, 0.5) is 0 Å². The molecule has 2 atom stereocenters. The lowest BCUT2D eigenvalue weighted by Gasteiger charge is -2.28. The number of rotatable bonds is 7. The van der Waals surface area contributed by atoms with Crippen molar-refractivity contribution in [2.24, 2.45) is 0 Å². The zero-order chi connectivity index (χ0) is 21.8. The second kappa shape index (κ2) is 9.65. The molecule has 4 rings (SSSR count). The summed E-state index contributed by atoms with van der Waals surface area (Å²) in [7, 11) is -3.83. The molecule has 0 spiro atoms. The van der Waals surface area contributed by atoms with Gasteiger partial charge < -0.3 is 5.32 Å². The fourth-order valence-electron chi connectivity index (χ4n) is 3.90. The standard InChI is InChI=1S/C23H23BrN2O3S2/c24-21-13-14-22(30-21)31(28,29)26-20(15-16-7-2-1-3-8-16)23(27)25-19-12-6-10-17-9-4-5-11-18(17)19/h1-5,7-9,11,13-14,19-20,26H,6,10,12,15H2,(H,25,27). The zero-order valence-electron chi connectivity index (χ0n) is 16.8. The van der Waals surface area contributed by atoms with Crippen molar-refractivity contribution in [2.45, 2.75) is 42.0 Å². The Morgan fingerprint density at radius 1 is 1.06 bits per heavy atom. The quantitative estimate of drug-likeness (QED) is 0.480. The van der Waals surface area contributed by atoms with E-state index in [1.807, 2.05) is 48.5 Å². The first-order valence-corrected chi connectivity index (χ1v) is 13.2. The van der Waals surface area contributed by atoms with Gasteiger partial charge in [0.2, 0.25) is 5.91 Å². The van der Waals surface area contributed by atoms with Crippen molar-refractivity contribution < 1.29 is 13.2 Å². The first-order valence-electron chi connectivity index (χ1n) is 10.1. The van der Waals surface area contributed by atoms with Gasteiger partial charge in [-0.2, -0.15) is 4.72 Å². The van der Waals surface area contributed by atoms with Crippen molar-refractivity contribution in [1.29, 1.82) is 0 Å². The molecule has 0 bridgehead atoms. The third-order valence-electron chi connectivity index (χ3n) is 5.40. The molecule has 0 fully saturated rings. The van der Waals surface area contributed by atoms with Crippen LogP contribution in [0.15, 0.2) is 74.7 Å². The number of thiophene rings is 1. The van der Waals surface area contributed by atoms with Crippen molar-refractivity contribution in [2.75, 3.05) is 0 Å². The van der Waals surface area contributed by atoms with Gasteiger partial charge >= 0.3 is 0 Å². The summed E-state index contributed by atoms with van der Waals surface area (Å²) in [5, 5.41) is 3.10. The van der Waals surface area contributed by atoms with E-state index in [4.69, 9.17) is 0 Å². The van der Waals surface area contributed by atoms with Gasteiger partial charge in [0.15, 0.2) is 0 Å². The number of aryl methyl sites for hydroxylation is 1. The molecule has 31 heavy (non-hydrogen) atoms. The molecule has 1 heterocycles. The summed E-state index contributed by atoms with van der Waals surface area (Å²) < 4.78 is 29.4. The maximum atomic E-state index is 13.3. The van der Waals surface area contributed by atoms with E-state index in [0.717, 1.165) is 45.5 Å². The number of hydrogen-bond donors (Lipinski definition) is 2. The summed E-state index contributed by atoms with van der Waals surface area (Å²) in [6, 6.07) is 19.7. The van der Waals surface area contributed by atoms with Crippen LogP contribution in [0.5, 0.6) is 0 Å². The predicted octanol–water partition coefficient (Wildman–Crippen LogP) is 4.59. The van der Waals surface area contributed by atoms with Crippen LogP contribution in [0, 0.1) is 0 Å². The molecule has 2 N–H and O–H groups in total. The predicted molar refractivity (Wildman–Crippen MR) is 127 cm³/mol. The Balaban J connectivity index is 1.57. The summed E-state index contributed by atoms with van der Waals surface area (Å²) >= 11 is 4.42. The molecule has 3 aromatic rings. The van der Waals surface area contributed by atoms with Gasteiger partial charge in [-0.25, -0.2) is 8.42 Å². The van der Waals surface area contributed by atoms with Crippen LogP contribution in [-0.4, -0.2) is 20.4 Å². The minimum atomic E-state index is -3.83. The van der Waals surface area contributed by atoms with E-state index in [-0.39, 0.29) is 22.6 Å². The summed E-state index contributed by atoms with van der Waals surface area (Å²) in [5.74, 6) is -0.315. The minimum Gasteiger partial charge on any atom is -0.348 e. The first-order chi connectivity index (χ1) is 14.9. The maximum absolute atomic E-state index is 13.3. The summed E-state index contributed by atoms with van der Waals surface area (Å²) in [4.78, 5) is 13.3. The van der Waals surface area contributed by atoms with Gasteiger partial charge in [-0.1, -0.05) is 54.6 Å². The molecule has 1 aromatic heterocycles. The molecular weight excluding hydrogens is 496 g/mol. The Kier molecular flexibility index (Phi) is 6.91. The normalized spacial score (nSPS) is 17.0. The molecule has 1 amide bonds. The topological polar surface area (TPSA) is 75.3 Å².